The van der Waals surface area contributed by atoms with Crippen LogP contribution in [0.2, 0.25) is 0 Å². The fourth-order valence-electron chi connectivity index (χ4n) is 2.72. The number of nitrogens with two attached hydrogens (primary N) is 1. The summed E-state index contributed by atoms with van der Waals surface area (Å²) < 4.78 is 52.9. The molecule has 90 valence electrons. The Bertz CT molecular complexity index is 226. The zero-order chi connectivity index (χ0) is 10.6. The van der Waals surface area contributed by atoms with Gasteiger partial charge in [0, 0.05) is 30.7 Å². The van der Waals surface area contributed by atoms with E-state index in [1.807, 2.05) is 0 Å². The van der Waals surface area contributed by atoms with Gasteiger partial charge in [-0.15, -0.1) is 12.4 Å². The maximum absolute atomic E-state index is 13.4. The van der Waals surface area contributed by atoms with Crippen molar-refractivity contribution in [2.45, 2.75) is 43.6 Å². The lowest BCUT2D eigenvalue weighted by Gasteiger charge is -2.47. The van der Waals surface area contributed by atoms with Gasteiger partial charge in [0.05, 0.1) is 0 Å². The molecular weight excluding hydrogens is 234 g/mol. The molecule has 0 amide bonds. The van der Waals surface area contributed by atoms with E-state index >= 15 is 0 Å². The predicted molar refractivity (Wildman–Crippen MR) is 50.6 cm³/mol. The first-order valence-corrected chi connectivity index (χ1v) is 4.82. The number of rotatable bonds is 0. The van der Waals surface area contributed by atoms with Crippen LogP contribution in [0.25, 0.3) is 0 Å². The molecule has 1 nitrogen and oxygen atoms in total. The molecular formula is C9H14ClF4N. The zero-order valence-corrected chi connectivity index (χ0v) is 8.87. The van der Waals surface area contributed by atoms with Gasteiger partial charge < -0.3 is 5.73 Å². The summed E-state index contributed by atoms with van der Waals surface area (Å²) in [6.07, 6.45) is -1.35. The second kappa shape index (κ2) is 3.77. The average Bonchev–Trinajstić information content (AvgIpc) is 1.95. The molecule has 0 aliphatic heterocycles. The van der Waals surface area contributed by atoms with Crippen molar-refractivity contribution in [1.29, 1.82) is 0 Å². The lowest BCUT2D eigenvalue weighted by atomic mass is 9.66. The third-order valence-corrected chi connectivity index (χ3v) is 3.35. The maximum atomic E-state index is 13.4. The lowest BCUT2D eigenvalue weighted by Crippen LogP contribution is -2.54. The number of alkyl halides is 4. The summed E-state index contributed by atoms with van der Waals surface area (Å²) in [5.74, 6) is -8.30. The van der Waals surface area contributed by atoms with Crippen LogP contribution in [0.5, 0.6) is 0 Å². The zero-order valence-electron chi connectivity index (χ0n) is 8.06. The summed E-state index contributed by atoms with van der Waals surface area (Å²) >= 11 is 0. The normalized spacial score (nSPS) is 41.8. The van der Waals surface area contributed by atoms with Gasteiger partial charge in [0.1, 0.15) is 0 Å². The molecule has 0 saturated heterocycles. The van der Waals surface area contributed by atoms with Gasteiger partial charge in [0.25, 0.3) is 5.92 Å². The van der Waals surface area contributed by atoms with Crippen molar-refractivity contribution in [3.63, 3.8) is 0 Å². The van der Waals surface area contributed by atoms with Crippen LogP contribution in [0.3, 0.4) is 0 Å². The van der Waals surface area contributed by atoms with Crippen LogP contribution in [-0.2, 0) is 0 Å². The molecule has 1 unspecified atom stereocenters. The predicted octanol–water partition coefficient (Wildman–Crippen LogP) is 2.83. The van der Waals surface area contributed by atoms with Crippen molar-refractivity contribution < 1.29 is 17.6 Å². The SMILES string of the molecule is Cl.NC1C[C@@H]2CC(F)(F)C[C@H](C1)C2(F)F. The molecule has 6 heteroatoms. The highest BCUT2D eigenvalue weighted by molar-refractivity contribution is 5.85. The van der Waals surface area contributed by atoms with E-state index < -0.39 is 36.5 Å². The second-order valence-electron chi connectivity index (χ2n) is 4.56. The smallest absolute Gasteiger partial charge is 0.254 e. The van der Waals surface area contributed by atoms with Crippen molar-refractivity contribution in [3.8, 4) is 0 Å². The van der Waals surface area contributed by atoms with Gasteiger partial charge in [-0.25, -0.2) is 17.6 Å². The van der Waals surface area contributed by atoms with Crippen molar-refractivity contribution >= 4 is 12.4 Å². The number of hydrogen-bond acceptors (Lipinski definition) is 1. The van der Waals surface area contributed by atoms with Gasteiger partial charge in [-0.3, -0.25) is 0 Å². The Kier molecular flexibility index (Phi) is 3.28. The first-order chi connectivity index (χ1) is 6.31. The van der Waals surface area contributed by atoms with Crippen LogP contribution < -0.4 is 5.73 Å². The molecule has 15 heavy (non-hydrogen) atoms. The molecule has 0 aromatic carbocycles. The third-order valence-electron chi connectivity index (χ3n) is 3.35. The highest BCUT2D eigenvalue weighted by Gasteiger charge is 2.60. The minimum absolute atomic E-state index is 0. The molecule has 0 radical (unpaired) electrons. The minimum Gasteiger partial charge on any atom is -0.328 e. The number of fused-ring (bicyclic) bond motifs is 2. The van der Waals surface area contributed by atoms with E-state index in [1.165, 1.54) is 0 Å². The van der Waals surface area contributed by atoms with Crippen LogP contribution in [-0.4, -0.2) is 17.9 Å². The van der Waals surface area contributed by atoms with E-state index in [-0.39, 0.29) is 31.3 Å². The monoisotopic (exact) mass is 247 g/mol. The fraction of sp³-hybridized carbons (Fsp3) is 1.00. The Labute approximate surface area is 91.8 Å². The van der Waals surface area contributed by atoms with Crippen molar-refractivity contribution in [3.05, 3.63) is 0 Å². The Balaban J connectivity index is 0.00000112. The molecule has 2 aliphatic carbocycles. The molecule has 2 fully saturated rings. The third kappa shape index (κ3) is 2.23. The van der Waals surface area contributed by atoms with E-state index in [1.54, 1.807) is 0 Å². The highest BCUT2D eigenvalue weighted by atomic mass is 35.5. The first kappa shape index (κ1) is 13.0. The standard InChI is InChI=1S/C9H13F4N.ClH/c10-8(11)3-5-1-7(14)2-6(4-8)9(5,12)13;/h5-7H,1-4,14H2;1H/t5-,6+,7?;. The largest absolute Gasteiger partial charge is 0.328 e. The van der Waals surface area contributed by atoms with Crippen molar-refractivity contribution in [2.24, 2.45) is 17.6 Å². The molecule has 0 heterocycles. The van der Waals surface area contributed by atoms with E-state index in [0.717, 1.165) is 0 Å². The van der Waals surface area contributed by atoms with Crippen LogP contribution in [0, 0.1) is 11.8 Å². The lowest BCUT2D eigenvalue weighted by molar-refractivity contribution is -0.218. The van der Waals surface area contributed by atoms with Crippen LogP contribution >= 0.6 is 12.4 Å². The topological polar surface area (TPSA) is 26.0 Å². The van der Waals surface area contributed by atoms with Gasteiger partial charge in [0.2, 0.25) is 5.92 Å². The molecule has 3 atom stereocenters. The highest BCUT2D eigenvalue weighted by Crippen LogP contribution is 2.54. The molecule has 2 N–H and O–H groups in total. The molecule has 0 aromatic rings. The Hall–Kier alpha value is -0.0300. The van der Waals surface area contributed by atoms with Crippen LogP contribution in [0.4, 0.5) is 17.6 Å². The summed E-state index contributed by atoms with van der Waals surface area (Å²) in [6.45, 7) is 0. The van der Waals surface area contributed by atoms with E-state index in [4.69, 9.17) is 5.73 Å². The van der Waals surface area contributed by atoms with Gasteiger partial charge in [0.15, 0.2) is 0 Å². The Morgan fingerprint density at radius 2 is 1.33 bits per heavy atom. The van der Waals surface area contributed by atoms with E-state index in [9.17, 15) is 17.6 Å². The van der Waals surface area contributed by atoms with Gasteiger partial charge in [-0.05, 0) is 12.8 Å². The van der Waals surface area contributed by atoms with Crippen molar-refractivity contribution in [1.82, 2.24) is 0 Å². The summed E-state index contributed by atoms with van der Waals surface area (Å²) in [5.41, 5.74) is 5.56. The van der Waals surface area contributed by atoms with E-state index in [2.05, 4.69) is 0 Å². The quantitative estimate of drug-likeness (QED) is 0.655. The number of halogens is 5. The first-order valence-electron chi connectivity index (χ1n) is 4.82. The summed E-state index contributed by atoms with van der Waals surface area (Å²) in [4.78, 5) is 0. The summed E-state index contributed by atoms with van der Waals surface area (Å²) in [5, 5.41) is 0. The number of hydrogen-bond donors (Lipinski definition) is 1. The van der Waals surface area contributed by atoms with Crippen LogP contribution in [0.1, 0.15) is 25.7 Å². The summed E-state index contributed by atoms with van der Waals surface area (Å²) in [7, 11) is 0. The maximum Gasteiger partial charge on any atom is 0.254 e. The Morgan fingerprint density at radius 1 is 0.933 bits per heavy atom. The van der Waals surface area contributed by atoms with Gasteiger partial charge in [-0.1, -0.05) is 0 Å². The van der Waals surface area contributed by atoms with Gasteiger partial charge in [-0.2, -0.15) is 0 Å². The van der Waals surface area contributed by atoms with Crippen molar-refractivity contribution in [2.75, 3.05) is 0 Å². The minimum atomic E-state index is -2.93. The van der Waals surface area contributed by atoms with Gasteiger partial charge >= 0.3 is 0 Å². The van der Waals surface area contributed by atoms with E-state index in [0.29, 0.717) is 0 Å². The second-order valence-corrected chi connectivity index (χ2v) is 4.56. The molecule has 2 rings (SSSR count). The fourth-order valence-corrected chi connectivity index (χ4v) is 2.72. The molecule has 2 aliphatic rings. The molecule has 0 spiro atoms. The molecule has 0 aromatic heterocycles. The molecule has 2 bridgehead atoms. The van der Waals surface area contributed by atoms with Crippen LogP contribution in [0.15, 0.2) is 0 Å². The molecule has 2 saturated carbocycles. The average molecular weight is 248 g/mol. The summed E-state index contributed by atoms with van der Waals surface area (Å²) in [6, 6.07) is -0.333. The Morgan fingerprint density at radius 3 is 1.73 bits per heavy atom.